The molecule has 3 fully saturated rings. The van der Waals surface area contributed by atoms with Gasteiger partial charge in [0.25, 0.3) is 0 Å². The van der Waals surface area contributed by atoms with Gasteiger partial charge in [-0.05, 0) is 25.2 Å². The molecule has 3 aliphatic rings. The number of rotatable bonds is 0. The molecule has 2 saturated heterocycles. The Morgan fingerprint density at radius 3 is 3.18 bits per heavy atom. The second kappa shape index (κ2) is 2.20. The van der Waals surface area contributed by atoms with Gasteiger partial charge < -0.3 is 5.32 Å². The van der Waals surface area contributed by atoms with Gasteiger partial charge in [0.05, 0.1) is 0 Å². The van der Waals surface area contributed by atoms with Crippen LogP contribution < -0.4 is 5.32 Å². The summed E-state index contributed by atoms with van der Waals surface area (Å²) in [6, 6.07) is 1.90. The first-order valence-electron chi connectivity index (χ1n) is 4.91. The van der Waals surface area contributed by atoms with Crippen LogP contribution in [0.1, 0.15) is 19.3 Å². The fraction of sp³-hybridized carbons (Fsp3) is 1.00. The van der Waals surface area contributed by atoms with E-state index in [1.165, 1.54) is 38.9 Å². The van der Waals surface area contributed by atoms with Gasteiger partial charge in [-0.2, -0.15) is 0 Å². The molecular weight excluding hydrogens is 136 g/mol. The minimum absolute atomic E-state index is 0.919. The van der Waals surface area contributed by atoms with E-state index in [-0.39, 0.29) is 0 Å². The topological polar surface area (TPSA) is 15.3 Å². The summed E-state index contributed by atoms with van der Waals surface area (Å²) in [7, 11) is 0. The Morgan fingerprint density at radius 2 is 2.27 bits per heavy atom. The van der Waals surface area contributed by atoms with Crippen LogP contribution in [0, 0.1) is 5.92 Å². The first kappa shape index (κ1) is 6.44. The van der Waals surface area contributed by atoms with E-state index in [0.717, 1.165) is 18.0 Å². The highest BCUT2D eigenvalue weighted by Crippen LogP contribution is 2.42. The van der Waals surface area contributed by atoms with Gasteiger partial charge in [-0.25, -0.2) is 0 Å². The van der Waals surface area contributed by atoms with Crippen LogP contribution in [0.3, 0.4) is 0 Å². The largest absolute Gasteiger partial charge is 0.314 e. The third-order valence-electron chi connectivity index (χ3n) is 3.78. The van der Waals surface area contributed by atoms with Gasteiger partial charge in [0.1, 0.15) is 0 Å². The van der Waals surface area contributed by atoms with Crippen LogP contribution in [-0.2, 0) is 0 Å². The zero-order chi connectivity index (χ0) is 7.26. The van der Waals surface area contributed by atoms with Crippen LogP contribution in [0.15, 0.2) is 0 Å². The lowest BCUT2D eigenvalue weighted by atomic mass is 9.97. The molecule has 1 N–H and O–H groups in total. The summed E-state index contributed by atoms with van der Waals surface area (Å²) in [6.45, 7) is 3.80. The highest BCUT2D eigenvalue weighted by Gasteiger charge is 2.45. The monoisotopic (exact) mass is 152 g/mol. The Hall–Kier alpha value is -0.0800. The van der Waals surface area contributed by atoms with Gasteiger partial charge in [0.15, 0.2) is 0 Å². The number of nitrogens with zero attached hydrogens (tertiary/aromatic N) is 1. The van der Waals surface area contributed by atoms with E-state index < -0.39 is 0 Å². The summed E-state index contributed by atoms with van der Waals surface area (Å²) in [6.07, 6.45) is 4.50. The van der Waals surface area contributed by atoms with Gasteiger partial charge in [0, 0.05) is 31.7 Å². The second-order valence-corrected chi connectivity index (χ2v) is 4.24. The summed E-state index contributed by atoms with van der Waals surface area (Å²) >= 11 is 0. The Balaban J connectivity index is 1.84. The first-order valence-corrected chi connectivity index (χ1v) is 4.91. The molecule has 2 aliphatic heterocycles. The summed E-state index contributed by atoms with van der Waals surface area (Å²) in [5.41, 5.74) is 0. The van der Waals surface area contributed by atoms with Crippen molar-refractivity contribution >= 4 is 0 Å². The average molecular weight is 152 g/mol. The molecule has 0 spiro atoms. The van der Waals surface area contributed by atoms with Crippen LogP contribution in [0.2, 0.25) is 0 Å². The van der Waals surface area contributed by atoms with Crippen molar-refractivity contribution < 1.29 is 0 Å². The minimum Gasteiger partial charge on any atom is -0.314 e. The van der Waals surface area contributed by atoms with Crippen molar-refractivity contribution in [2.75, 3.05) is 19.6 Å². The zero-order valence-electron chi connectivity index (χ0n) is 6.92. The molecule has 0 unspecified atom stereocenters. The van der Waals surface area contributed by atoms with Crippen molar-refractivity contribution in [3.05, 3.63) is 0 Å². The number of piperazine rings is 1. The lowest BCUT2D eigenvalue weighted by molar-refractivity contribution is 0.112. The molecule has 62 valence electrons. The van der Waals surface area contributed by atoms with Gasteiger partial charge in [-0.1, -0.05) is 0 Å². The number of hydrogen-bond donors (Lipinski definition) is 1. The maximum atomic E-state index is 3.50. The van der Waals surface area contributed by atoms with Crippen molar-refractivity contribution in [1.29, 1.82) is 0 Å². The molecule has 0 radical (unpaired) electrons. The zero-order valence-corrected chi connectivity index (χ0v) is 6.92. The Labute approximate surface area is 68.0 Å². The van der Waals surface area contributed by atoms with Gasteiger partial charge >= 0.3 is 0 Å². The van der Waals surface area contributed by atoms with Crippen LogP contribution >= 0.6 is 0 Å². The summed E-state index contributed by atoms with van der Waals surface area (Å²) in [5.74, 6) is 1.05. The third kappa shape index (κ3) is 0.798. The molecule has 2 heteroatoms. The number of hydrogen-bond acceptors (Lipinski definition) is 2. The molecule has 1 saturated carbocycles. The van der Waals surface area contributed by atoms with Gasteiger partial charge in [-0.3, -0.25) is 4.90 Å². The molecule has 0 aromatic carbocycles. The molecule has 0 aromatic heterocycles. The summed E-state index contributed by atoms with van der Waals surface area (Å²) in [5, 5.41) is 3.50. The van der Waals surface area contributed by atoms with Crippen LogP contribution in [0.5, 0.6) is 0 Å². The Morgan fingerprint density at radius 1 is 1.27 bits per heavy atom. The minimum atomic E-state index is 0.919. The van der Waals surface area contributed by atoms with E-state index in [9.17, 15) is 0 Å². The molecule has 3 atom stereocenters. The van der Waals surface area contributed by atoms with Crippen molar-refractivity contribution in [2.45, 2.75) is 31.3 Å². The third-order valence-corrected chi connectivity index (χ3v) is 3.78. The summed E-state index contributed by atoms with van der Waals surface area (Å²) in [4.78, 5) is 2.75. The maximum absolute atomic E-state index is 3.50. The average Bonchev–Trinajstić information content (AvgIpc) is 2.64. The number of nitrogens with one attached hydrogen (secondary N) is 1. The molecule has 2 nitrogen and oxygen atoms in total. The van der Waals surface area contributed by atoms with Crippen LogP contribution in [0.4, 0.5) is 0 Å². The normalized spacial score (nSPS) is 49.6. The lowest BCUT2D eigenvalue weighted by Crippen LogP contribution is -2.53. The summed E-state index contributed by atoms with van der Waals surface area (Å²) < 4.78 is 0. The molecule has 2 heterocycles. The number of piperidine rings is 1. The molecule has 2 bridgehead atoms. The smallest absolute Gasteiger partial charge is 0.0252 e. The predicted molar refractivity (Wildman–Crippen MR) is 44.5 cm³/mol. The van der Waals surface area contributed by atoms with E-state index in [0.29, 0.717) is 0 Å². The molecular formula is C9H16N2. The fourth-order valence-corrected chi connectivity index (χ4v) is 3.27. The van der Waals surface area contributed by atoms with Crippen LogP contribution in [-0.4, -0.2) is 36.6 Å². The molecule has 11 heavy (non-hydrogen) atoms. The van der Waals surface area contributed by atoms with Crippen molar-refractivity contribution in [2.24, 2.45) is 5.92 Å². The van der Waals surface area contributed by atoms with E-state index in [1.54, 1.807) is 0 Å². The molecule has 0 amide bonds. The van der Waals surface area contributed by atoms with Gasteiger partial charge in [-0.15, -0.1) is 0 Å². The molecule has 0 aromatic rings. The highest BCUT2D eigenvalue weighted by molar-refractivity contribution is 5.01. The molecule has 3 rings (SSSR count). The van der Waals surface area contributed by atoms with Crippen molar-refractivity contribution in [3.63, 3.8) is 0 Å². The van der Waals surface area contributed by atoms with Crippen molar-refractivity contribution in [1.82, 2.24) is 10.2 Å². The fourth-order valence-electron chi connectivity index (χ4n) is 3.27. The second-order valence-electron chi connectivity index (χ2n) is 4.24. The van der Waals surface area contributed by atoms with E-state index >= 15 is 0 Å². The van der Waals surface area contributed by atoms with Crippen LogP contribution in [0.25, 0.3) is 0 Å². The Kier molecular flexibility index (Phi) is 1.29. The quantitative estimate of drug-likeness (QED) is 0.542. The first-order chi connectivity index (χ1) is 5.45. The van der Waals surface area contributed by atoms with E-state index in [1.807, 2.05) is 0 Å². The SMILES string of the molecule is C1CN2[C@@H]3CC[C@@H](C3)[C@@H]2CN1. The standard InChI is InChI=1S/C9H16N2/c1-2-8-5-7(1)9-6-10-3-4-11(8)9/h7-10H,1-6H2/t7-,8+,9-/m0/s1. The van der Waals surface area contributed by atoms with E-state index in [4.69, 9.17) is 0 Å². The highest BCUT2D eigenvalue weighted by atomic mass is 15.3. The maximum Gasteiger partial charge on any atom is 0.0252 e. The molecule has 1 aliphatic carbocycles. The van der Waals surface area contributed by atoms with Gasteiger partial charge in [0.2, 0.25) is 0 Å². The van der Waals surface area contributed by atoms with E-state index in [2.05, 4.69) is 10.2 Å². The predicted octanol–water partition coefficient (Wildman–Crippen LogP) is 0.442. The number of fused-ring (bicyclic) bond motifs is 5. The Bertz CT molecular complexity index is 151. The van der Waals surface area contributed by atoms with Crippen molar-refractivity contribution in [3.8, 4) is 0 Å². The lowest BCUT2D eigenvalue weighted by Gasteiger charge is -2.39.